The van der Waals surface area contributed by atoms with Gasteiger partial charge in [0, 0.05) is 11.1 Å². The number of carbonyl (C=O) groups is 1. The summed E-state index contributed by atoms with van der Waals surface area (Å²) in [6.07, 6.45) is 2.49. The van der Waals surface area contributed by atoms with E-state index in [1.165, 1.54) is 5.56 Å². The maximum absolute atomic E-state index is 11.3. The van der Waals surface area contributed by atoms with Gasteiger partial charge in [-0.05, 0) is 28.7 Å². The topological polar surface area (TPSA) is 35.5 Å². The van der Waals surface area contributed by atoms with E-state index in [4.69, 9.17) is 9.47 Å². The second-order valence-corrected chi connectivity index (χ2v) is 6.64. The van der Waals surface area contributed by atoms with Gasteiger partial charge in [-0.15, -0.1) is 0 Å². The molecule has 0 unspecified atom stereocenters. The van der Waals surface area contributed by atoms with Crippen molar-refractivity contribution in [3.63, 3.8) is 0 Å². The molecule has 2 aromatic carbocycles. The molecule has 0 aliphatic heterocycles. The van der Waals surface area contributed by atoms with Crippen molar-refractivity contribution in [2.75, 3.05) is 13.7 Å². The summed E-state index contributed by atoms with van der Waals surface area (Å²) >= 11 is 0. The quantitative estimate of drug-likeness (QED) is 0.552. The Balaban J connectivity index is 2.57. The summed E-state index contributed by atoms with van der Waals surface area (Å²) in [5.74, 6) is 1.16. The van der Waals surface area contributed by atoms with Gasteiger partial charge in [-0.2, -0.15) is 0 Å². The third-order valence-corrected chi connectivity index (χ3v) is 3.84. The van der Waals surface area contributed by atoms with Gasteiger partial charge in [0.2, 0.25) is 0 Å². The Morgan fingerprint density at radius 3 is 2.29 bits per heavy atom. The molecule has 2 aromatic rings. The lowest BCUT2D eigenvalue weighted by Crippen LogP contribution is -2.10. The first kappa shape index (κ1) is 17.8. The predicted octanol–water partition coefficient (Wildman–Crippen LogP) is 5.04. The van der Waals surface area contributed by atoms with Crippen LogP contribution in [0.4, 0.5) is 0 Å². The Hall–Kier alpha value is -2.55. The van der Waals surface area contributed by atoms with E-state index >= 15 is 0 Å². The van der Waals surface area contributed by atoms with E-state index in [1.807, 2.05) is 18.2 Å². The van der Waals surface area contributed by atoms with Crippen molar-refractivity contribution in [3.05, 3.63) is 60.2 Å². The molecule has 0 aliphatic rings. The highest BCUT2D eigenvalue weighted by Crippen LogP contribution is 2.40. The van der Waals surface area contributed by atoms with Crippen LogP contribution in [0, 0.1) is 0 Å². The van der Waals surface area contributed by atoms with Crippen LogP contribution in [0.15, 0.2) is 49.1 Å². The number of hydrogen-bond donors (Lipinski definition) is 0. The third kappa shape index (κ3) is 3.85. The van der Waals surface area contributed by atoms with Crippen LogP contribution in [-0.2, 0) is 5.41 Å². The molecule has 0 radical (unpaired) electrons. The van der Waals surface area contributed by atoms with Gasteiger partial charge in [0.1, 0.15) is 12.9 Å². The van der Waals surface area contributed by atoms with Crippen LogP contribution in [0.25, 0.3) is 11.1 Å². The molecule has 0 bridgehead atoms. The first-order valence-corrected chi connectivity index (χ1v) is 7.92. The van der Waals surface area contributed by atoms with Crippen LogP contribution in [0.2, 0.25) is 0 Å². The van der Waals surface area contributed by atoms with Gasteiger partial charge in [0.05, 0.1) is 7.11 Å². The third-order valence-electron chi connectivity index (χ3n) is 3.84. The molecule has 3 nitrogen and oxygen atoms in total. The highest BCUT2D eigenvalue weighted by Gasteiger charge is 2.17. The fourth-order valence-corrected chi connectivity index (χ4v) is 2.50. The van der Waals surface area contributed by atoms with E-state index in [2.05, 4.69) is 39.5 Å². The standard InChI is InChI=1S/C21H24O3/c1-6-11-24-20-18(12-15(14-22)13-19(20)23-5)16-7-9-17(10-8-16)21(2,3)4/h6-10,12-14H,1,11H2,2-5H3. The molecule has 0 aliphatic carbocycles. The number of benzene rings is 2. The molecule has 0 aromatic heterocycles. The van der Waals surface area contributed by atoms with Crippen LogP contribution >= 0.6 is 0 Å². The van der Waals surface area contributed by atoms with E-state index in [0.29, 0.717) is 23.7 Å². The molecule has 24 heavy (non-hydrogen) atoms. The Bertz CT molecular complexity index is 722. The van der Waals surface area contributed by atoms with Crippen LogP contribution in [-0.4, -0.2) is 20.0 Å². The number of rotatable bonds is 6. The summed E-state index contributed by atoms with van der Waals surface area (Å²) in [7, 11) is 1.57. The Kier molecular flexibility index (Phi) is 5.45. The zero-order chi connectivity index (χ0) is 17.7. The van der Waals surface area contributed by atoms with E-state index in [9.17, 15) is 4.79 Å². The monoisotopic (exact) mass is 324 g/mol. The van der Waals surface area contributed by atoms with Crippen molar-refractivity contribution in [1.82, 2.24) is 0 Å². The number of ether oxygens (including phenoxy) is 2. The van der Waals surface area contributed by atoms with Gasteiger partial charge in [-0.25, -0.2) is 0 Å². The summed E-state index contributed by atoms with van der Waals surface area (Å²) in [5, 5.41) is 0. The normalized spacial score (nSPS) is 11.0. The molecule has 0 fully saturated rings. The first-order chi connectivity index (χ1) is 11.4. The Morgan fingerprint density at radius 1 is 1.12 bits per heavy atom. The van der Waals surface area contributed by atoms with Crippen molar-refractivity contribution in [2.24, 2.45) is 0 Å². The van der Waals surface area contributed by atoms with Gasteiger partial charge in [-0.1, -0.05) is 57.7 Å². The molecule has 0 spiro atoms. The molecule has 3 heteroatoms. The average molecular weight is 324 g/mol. The minimum absolute atomic E-state index is 0.0863. The highest BCUT2D eigenvalue weighted by atomic mass is 16.5. The zero-order valence-corrected chi connectivity index (χ0v) is 14.8. The maximum Gasteiger partial charge on any atom is 0.169 e. The van der Waals surface area contributed by atoms with Gasteiger partial charge in [0.25, 0.3) is 0 Å². The van der Waals surface area contributed by atoms with Crippen molar-refractivity contribution in [2.45, 2.75) is 26.2 Å². The fraction of sp³-hybridized carbons (Fsp3) is 0.286. The van der Waals surface area contributed by atoms with Gasteiger partial charge in [-0.3, -0.25) is 4.79 Å². The summed E-state index contributed by atoms with van der Waals surface area (Å²) in [4.78, 5) is 11.3. The summed E-state index contributed by atoms with van der Waals surface area (Å²) in [5.41, 5.74) is 3.69. The van der Waals surface area contributed by atoms with Crippen LogP contribution < -0.4 is 9.47 Å². The van der Waals surface area contributed by atoms with Crippen molar-refractivity contribution < 1.29 is 14.3 Å². The maximum atomic E-state index is 11.3. The van der Waals surface area contributed by atoms with Gasteiger partial charge < -0.3 is 9.47 Å². The Morgan fingerprint density at radius 2 is 1.79 bits per heavy atom. The fourth-order valence-electron chi connectivity index (χ4n) is 2.50. The van der Waals surface area contributed by atoms with Crippen molar-refractivity contribution in [1.29, 1.82) is 0 Å². The number of hydrogen-bond acceptors (Lipinski definition) is 3. The molecular formula is C21H24O3. The predicted molar refractivity (Wildman–Crippen MR) is 98.2 cm³/mol. The van der Waals surface area contributed by atoms with E-state index in [0.717, 1.165) is 17.4 Å². The summed E-state index contributed by atoms with van der Waals surface area (Å²) < 4.78 is 11.2. The lowest BCUT2D eigenvalue weighted by Gasteiger charge is -2.20. The number of methoxy groups -OCH3 is 1. The largest absolute Gasteiger partial charge is 0.493 e. The van der Waals surface area contributed by atoms with Crippen molar-refractivity contribution in [3.8, 4) is 22.6 Å². The second-order valence-electron chi connectivity index (χ2n) is 6.64. The van der Waals surface area contributed by atoms with E-state index < -0.39 is 0 Å². The molecule has 0 heterocycles. The van der Waals surface area contributed by atoms with Gasteiger partial charge >= 0.3 is 0 Å². The van der Waals surface area contributed by atoms with Gasteiger partial charge in [0.15, 0.2) is 11.5 Å². The van der Waals surface area contributed by atoms with E-state index in [-0.39, 0.29) is 5.41 Å². The molecule has 2 rings (SSSR count). The molecule has 126 valence electrons. The lowest BCUT2D eigenvalue weighted by molar-refractivity contribution is 0.112. The van der Waals surface area contributed by atoms with Crippen molar-refractivity contribution >= 4 is 6.29 Å². The molecule has 0 atom stereocenters. The Labute approximate surface area is 143 Å². The summed E-state index contributed by atoms with van der Waals surface area (Å²) in [6.45, 7) is 10.6. The minimum atomic E-state index is 0.0863. The summed E-state index contributed by atoms with van der Waals surface area (Å²) in [6, 6.07) is 11.8. The number of carbonyl (C=O) groups excluding carboxylic acids is 1. The second kappa shape index (κ2) is 7.35. The SMILES string of the molecule is C=CCOc1c(OC)cc(C=O)cc1-c1ccc(C(C)(C)C)cc1. The van der Waals surface area contributed by atoms with E-state index in [1.54, 1.807) is 19.3 Å². The average Bonchev–Trinajstić information content (AvgIpc) is 2.58. The molecular weight excluding hydrogens is 300 g/mol. The zero-order valence-electron chi connectivity index (χ0n) is 14.8. The molecule has 0 N–H and O–H groups in total. The van der Waals surface area contributed by atoms with Crippen LogP contribution in [0.5, 0.6) is 11.5 Å². The smallest absolute Gasteiger partial charge is 0.169 e. The molecule has 0 amide bonds. The van der Waals surface area contributed by atoms with Crippen LogP contribution in [0.1, 0.15) is 36.7 Å². The molecule has 0 saturated heterocycles. The molecule has 0 saturated carbocycles. The minimum Gasteiger partial charge on any atom is -0.493 e. The highest BCUT2D eigenvalue weighted by molar-refractivity contribution is 5.84. The first-order valence-electron chi connectivity index (χ1n) is 7.92. The number of aldehydes is 1. The lowest BCUT2D eigenvalue weighted by atomic mass is 9.86. The van der Waals surface area contributed by atoms with Crippen LogP contribution in [0.3, 0.4) is 0 Å².